The van der Waals surface area contributed by atoms with Gasteiger partial charge in [0.1, 0.15) is 0 Å². The number of fused-ring (bicyclic) bond motifs is 2. The normalized spacial score (nSPS) is 25.3. The summed E-state index contributed by atoms with van der Waals surface area (Å²) in [7, 11) is 0. The first-order chi connectivity index (χ1) is 10.1. The van der Waals surface area contributed by atoms with Crippen molar-refractivity contribution >= 4 is 18.3 Å². The summed E-state index contributed by atoms with van der Waals surface area (Å²) in [6.45, 7) is 3.69. The van der Waals surface area contributed by atoms with Crippen LogP contribution in [-0.2, 0) is 16.6 Å². The lowest BCUT2D eigenvalue weighted by Gasteiger charge is -2.46. The summed E-state index contributed by atoms with van der Waals surface area (Å²) in [5.74, 6) is 0.229. The second-order valence-electron chi connectivity index (χ2n) is 6.89. The molecule has 22 heavy (non-hydrogen) atoms. The predicted octanol–water partition coefficient (Wildman–Crippen LogP) is 3.04. The Morgan fingerprint density at radius 2 is 2.05 bits per heavy atom. The molecule has 1 saturated heterocycles. The lowest BCUT2D eigenvalue weighted by atomic mass is 9.66. The van der Waals surface area contributed by atoms with E-state index in [-0.39, 0.29) is 29.8 Å². The number of nitrogens with zero attached hydrogens (tertiary/aromatic N) is 1. The molecule has 3 rings (SSSR count). The van der Waals surface area contributed by atoms with Gasteiger partial charge in [0.25, 0.3) is 0 Å². The number of carbonyl (C=O) groups is 1. The van der Waals surface area contributed by atoms with Gasteiger partial charge in [-0.05, 0) is 50.2 Å². The van der Waals surface area contributed by atoms with Crippen LogP contribution in [0.15, 0.2) is 24.3 Å². The van der Waals surface area contributed by atoms with Crippen molar-refractivity contribution in [3.05, 3.63) is 35.4 Å². The van der Waals surface area contributed by atoms with Gasteiger partial charge in [0.05, 0.1) is 0 Å². The van der Waals surface area contributed by atoms with Crippen LogP contribution in [0.3, 0.4) is 0 Å². The topological polar surface area (TPSA) is 46.3 Å². The van der Waals surface area contributed by atoms with E-state index in [0.29, 0.717) is 6.42 Å². The van der Waals surface area contributed by atoms with E-state index in [9.17, 15) is 4.79 Å². The number of aryl methyl sites for hydroxylation is 1. The number of amides is 1. The predicted molar refractivity (Wildman–Crippen MR) is 92.4 cm³/mol. The summed E-state index contributed by atoms with van der Waals surface area (Å²) in [4.78, 5) is 14.5. The van der Waals surface area contributed by atoms with E-state index >= 15 is 0 Å². The van der Waals surface area contributed by atoms with E-state index in [0.717, 1.165) is 19.5 Å². The van der Waals surface area contributed by atoms with E-state index < -0.39 is 0 Å². The second-order valence-corrected chi connectivity index (χ2v) is 6.89. The molecule has 1 fully saturated rings. The largest absolute Gasteiger partial charge is 0.342 e. The second kappa shape index (κ2) is 7.01. The fraction of sp³-hybridized carbons (Fsp3) is 0.611. The van der Waals surface area contributed by atoms with Crippen LogP contribution in [0.2, 0.25) is 0 Å². The number of benzene rings is 1. The van der Waals surface area contributed by atoms with Gasteiger partial charge < -0.3 is 10.6 Å². The highest BCUT2D eigenvalue weighted by Gasteiger charge is 2.41. The van der Waals surface area contributed by atoms with Gasteiger partial charge in [0, 0.05) is 31.0 Å². The summed E-state index contributed by atoms with van der Waals surface area (Å²) in [6.07, 6.45) is 6.44. The zero-order valence-corrected chi connectivity index (χ0v) is 14.2. The number of nitrogens with two attached hydrogens (primary N) is 1. The summed E-state index contributed by atoms with van der Waals surface area (Å²) in [6, 6.07) is 8.79. The maximum atomic E-state index is 12.4. The minimum Gasteiger partial charge on any atom is -0.342 e. The third-order valence-electron chi connectivity index (χ3n) is 5.12. The third-order valence-corrected chi connectivity index (χ3v) is 5.12. The first kappa shape index (κ1) is 17.3. The minimum atomic E-state index is -0.0472. The fourth-order valence-corrected chi connectivity index (χ4v) is 4.18. The first-order valence-corrected chi connectivity index (χ1v) is 8.22. The van der Waals surface area contributed by atoms with Crippen molar-refractivity contribution < 1.29 is 4.79 Å². The average molecular weight is 323 g/mol. The van der Waals surface area contributed by atoms with E-state index in [2.05, 4.69) is 29.2 Å². The van der Waals surface area contributed by atoms with Crippen LogP contribution in [0.25, 0.3) is 0 Å². The molecule has 0 bridgehead atoms. The van der Waals surface area contributed by atoms with Crippen molar-refractivity contribution in [3.8, 4) is 0 Å². The molecule has 2 aliphatic rings. The van der Waals surface area contributed by atoms with Gasteiger partial charge in [-0.2, -0.15) is 0 Å². The number of rotatable bonds is 2. The molecule has 3 nitrogen and oxygen atoms in total. The molecule has 122 valence electrons. The Hall–Kier alpha value is -1.06. The molecule has 1 spiro atoms. The first-order valence-electron chi connectivity index (χ1n) is 8.22. The molecule has 1 amide bonds. The monoisotopic (exact) mass is 322 g/mol. The molecule has 2 unspecified atom stereocenters. The van der Waals surface area contributed by atoms with Crippen molar-refractivity contribution in [1.29, 1.82) is 0 Å². The Bertz CT molecular complexity index is 532. The summed E-state index contributed by atoms with van der Waals surface area (Å²) < 4.78 is 0. The Kier molecular flexibility index (Phi) is 5.51. The van der Waals surface area contributed by atoms with Crippen LogP contribution in [0.1, 0.15) is 50.2 Å². The van der Waals surface area contributed by atoms with Gasteiger partial charge in [0.2, 0.25) is 5.91 Å². The molecule has 1 aliphatic heterocycles. The molecule has 1 aliphatic carbocycles. The zero-order valence-electron chi connectivity index (χ0n) is 13.4. The number of hydrogen-bond acceptors (Lipinski definition) is 2. The summed E-state index contributed by atoms with van der Waals surface area (Å²) in [5, 5.41) is 0. The molecule has 2 N–H and O–H groups in total. The Morgan fingerprint density at radius 1 is 1.32 bits per heavy atom. The Balaban J connectivity index is 0.00000176. The zero-order chi connectivity index (χ0) is 14.9. The molecule has 0 aromatic heterocycles. The highest BCUT2D eigenvalue weighted by atomic mass is 35.5. The van der Waals surface area contributed by atoms with E-state index in [1.54, 1.807) is 0 Å². The Labute approximate surface area is 139 Å². The number of likely N-dealkylation sites (tertiary alicyclic amines) is 1. The van der Waals surface area contributed by atoms with Crippen molar-refractivity contribution in [1.82, 2.24) is 4.90 Å². The van der Waals surface area contributed by atoms with Crippen LogP contribution in [-0.4, -0.2) is 29.9 Å². The Morgan fingerprint density at radius 3 is 2.82 bits per heavy atom. The highest BCUT2D eigenvalue weighted by Crippen LogP contribution is 2.43. The van der Waals surface area contributed by atoms with Crippen LogP contribution in [0, 0.1) is 0 Å². The molecule has 2 atom stereocenters. The van der Waals surface area contributed by atoms with Crippen molar-refractivity contribution in [2.75, 3.05) is 13.1 Å². The number of halogens is 1. The molecule has 0 radical (unpaired) electrons. The number of carbonyl (C=O) groups excluding carboxylic acids is 1. The van der Waals surface area contributed by atoms with Crippen LogP contribution < -0.4 is 5.73 Å². The van der Waals surface area contributed by atoms with E-state index in [1.165, 1.54) is 36.8 Å². The van der Waals surface area contributed by atoms with Crippen molar-refractivity contribution in [2.24, 2.45) is 5.73 Å². The van der Waals surface area contributed by atoms with E-state index in [4.69, 9.17) is 5.73 Å². The molecular weight excluding hydrogens is 296 g/mol. The van der Waals surface area contributed by atoms with Crippen molar-refractivity contribution in [2.45, 2.75) is 56.9 Å². The number of piperidine rings is 1. The third kappa shape index (κ3) is 3.31. The van der Waals surface area contributed by atoms with Gasteiger partial charge in [-0.25, -0.2) is 0 Å². The van der Waals surface area contributed by atoms with Gasteiger partial charge in [-0.15, -0.1) is 12.4 Å². The van der Waals surface area contributed by atoms with Gasteiger partial charge >= 0.3 is 0 Å². The van der Waals surface area contributed by atoms with Gasteiger partial charge in [-0.1, -0.05) is 24.3 Å². The SMILES string of the molecule is CC(N)CC(=O)N1CCCC2(CCCc3ccccc32)C1.Cl. The van der Waals surface area contributed by atoms with E-state index in [1.807, 2.05) is 6.92 Å². The van der Waals surface area contributed by atoms with Gasteiger partial charge in [0.15, 0.2) is 0 Å². The molecular formula is C18H27ClN2O. The number of hydrogen-bond donors (Lipinski definition) is 1. The lowest BCUT2D eigenvalue weighted by Crippen LogP contribution is -2.50. The molecule has 1 heterocycles. The molecule has 4 heteroatoms. The fourth-order valence-electron chi connectivity index (χ4n) is 4.18. The van der Waals surface area contributed by atoms with Gasteiger partial charge in [-0.3, -0.25) is 4.79 Å². The summed E-state index contributed by atoms with van der Waals surface area (Å²) in [5.41, 5.74) is 8.98. The summed E-state index contributed by atoms with van der Waals surface area (Å²) >= 11 is 0. The standard InChI is InChI=1S/C18H26N2O.ClH/c1-14(19)12-17(21)20-11-5-10-18(13-20)9-4-7-15-6-2-3-8-16(15)18;/h2-3,6,8,14H,4-5,7,9-13,19H2,1H3;1H. The lowest BCUT2D eigenvalue weighted by molar-refractivity contribution is -0.133. The maximum absolute atomic E-state index is 12.4. The highest BCUT2D eigenvalue weighted by molar-refractivity contribution is 5.85. The van der Waals surface area contributed by atoms with Crippen molar-refractivity contribution in [3.63, 3.8) is 0 Å². The van der Waals surface area contributed by atoms with Crippen LogP contribution in [0.5, 0.6) is 0 Å². The minimum absolute atomic E-state index is 0. The van der Waals surface area contributed by atoms with Crippen LogP contribution >= 0.6 is 12.4 Å². The average Bonchev–Trinajstić information content (AvgIpc) is 2.47. The van der Waals surface area contributed by atoms with Crippen LogP contribution in [0.4, 0.5) is 0 Å². The smallest absolute Gasteiger partial charge is 0.224 e. The maximum Gasteiger partial charge on any atom is 0.224 e. The molecule has 1 aromatic carbocycles. The molecule has 0 saturated carbocycles. The quantitative estimate of drug-likeness (QED) is 0.909. The molecule has 1 aromatic rings.